The Balaban J connectivity index is 1.80. The minimum absolute atomic E-state index is 0.137. The molecule has 0 bridgehead atoms. The number of aromatic nitrogens is 2. The molecule has 7 nitrogen and oxygen atoms in total. The number of nitrogens with zero attached hydrogens (tertiary/aromatic N) is 3. The number of nitrogens with one attached hydrogen (secondary N) is 2. The summed E-state index contributed by atoms with van der Waals surface area (Å²) in [5.41, 5.74) is 2.77. The van der Waals surface area contributed by atoms with Crippen molar-refractivity contribution in [3.05, 3.63) is 46.5 Å². The average Bonchev–Trinajstić information content (AvgIpc) is 3.08. The zero-order chi connectivity index (χ0) is 13.9. The van der Waals surface area contributed by atoms with Gasteiger partial charge in [-0.2, -0.15) is 0 Å². The molecule has 3 rings (SSSR count). The highest BCUT2D eigenvalue weighted by atomic mass is 16.6. The van der Waals surface area contributed by atoms with Gasteiger partial charge in [0, 0.05) is 49.3 Å². The van der Waals surface area contributed by atoms with Gasteiger partial charge in [0.05, 0.1) is 11.3 Å². The van der Waals surface area contributed by atoms with Crippen molar-refractivity contribution < 1.29 is 4.92 Å². The van der Waals surface area contributed by atoms with E-state index < -0.39 is 0 Å². The first kappa shape index (κ1) is 12.5. The second-order valence-electron chi connectivity index (χ2n) is 4.65. The van der Waals surface area contributed by atoms with Crippen LogP contribution < -0.4 is 10.6 Å². The highest BCUT2D eigenvalue weighted by Crippen LogP contribution is 2.36. The first-order valence-electron chi connectivity index (χ1n) is 6.49. The van der Waals surface area contributed by atoms with Crippen LogP contribution in [0.25, 0.3) is 0 Å². The second-order valence-corrected chi connectivity index (χ2v) is 4.65. The number of rotatable bonds is 5. The van der Waals surface area contributed by atoms with Gasteiger partial charge in [-0.1, -0.05) is 0 Å². The van der Waals surface area contributed by atoms with Crippen molar-refractivity contribution in [3.63, 3.8) is 0 Å². The third-order valence-electron chi connectivity index (χ3n) is 3.41. The lowest BCUT2D eigenvalue weighted by atomic mass is 10.1. The number of hydrogen-bond acceptors (Lipinski definition) is 5. The smallest absolute Gasteiger partial charge is 0.292 e. The molecule has 0 fully saturated rings. The highest BCUT2D eigenvalue weighted by Gasteiger charge is 2.23. The van der Waals surface area contributed by atoms with Crippen molar-refractivity contribution in [1.29, 1.82) is 0 Å². The first-order chi connectivity index (χ1) is 9.75. The van der Waals surface area contributed by atoms with Gasteiger partial charge in [0.2, 0.25) is 0 Å². The molecule has 0 saturated heterocycles. The van der Waals surface area contributed by atoms with Gasteiger partial charge in [0.1, 0.15) is 5.69 Å². The lowest BCUT2D eigenvalue weighted by Crippen LogP contribution is -2.11. The summed E-state index contributed by atoms with van der Waals surface area (Å²) in [7, 11) is 0. The minimum Gasteiger partial charge on any atom is -0.384 e. The van der Waals surface area contributed by atoms with E-state index in [4.69, 9.17) is 0 Å². The van der Waals surface area contributed by atoms with Crippen molar-refractivity contribution in [2.45, 2.75) is 13.0 Å². The maximum Gasteiger partial charge on any atom is 0.292 e. The van der Waals surface area contributed by atoms with Crippen LogP contribution in [0.3, 0.4) is 0 Å². The fourth-order valence-corrected chi connectivity index (χ4v) is 2.46. The zero-order valence-electron chi connectivity index (χ0n) is 10.9. The SMILES string of the molecule is O=[N+]([O-])c1ccc2c(c1NCCn1ccnc1)CCN2. The van der Waals surface area contributed by atoms with E-state index in [0.717, 1.165) is 24.2 Å². The predicted octanol–water partition coefficient (Wildman–Crippen LogP) is 1.87. The largest absolute Gasteiger partial charge is 0.384 e. The summed E-state index contributed by atoms with van der Waals surface area (Å²) in [6.07, 6.45) is 6.12. The fraction of sp³-hybridized carbons (Fsp3) is 0.308. The third kappa shape index (κ3) is 2.29. The topological polar surface area (TPSA) is 85.0 Å². The second kappa shape index (κ2) is 5.20. The number of imidazole rings is 1. The van der Waals surface area contributed by atoms with E-state index in [1.165, 1.54) is 0 Å². The van der Waals surface area contributed by atoms with Gasteiger partial charge in [0.25, 0.3) is 5.69 Å². The van der Waals surface area contributed by atoms with Crippen LogP contribution in [0.5, 0.6) is 0 Å². The van der Waals surface area contributed by atoms with E-state index in [2.05, 4.69) is 15.6 Å². The molecule has 1 aromatic heterocycles. The van der Waals surface area contributed by atoms with Gasteiger partial charge in [-0.05, 0) is 12.5 Å². The fourth-order valence-electron chi connectivity index (χ4n) is 2.46. The average molecular weight is 273 g/mol. The zero-order valence-corrected chi connectivity index (χ0v) is 10.9. The number of fused-ring (bicyclic) bond motifs is 1. The molecule has 104 valence electrons. The molecule has 1 aliphatic heterocycles. The molecule has 0 radical (unpaired) electrons. The number of nitro benzene ring substituents is 1. The van der Waals surface area contributed by atoms with Gasteiger partial charge in [-0.3, -0.25) is 10.1 Å². The molecule has 0 unspecified atom stereocenters. The van der Waals surface area contributed by atoms with Crippen LogP contribution in [0, 0.1) is 10.1 Å². The molecule has 20 heavy (non-hydrogen) atoms. The maximum atomic E-state index is 11.1. The van der Waals surface area contributed by atoms with Crippen LogP contribution in [-0.4, -0.2) is 27.6 Å². The molecule has 0 saturated carbocycles. The van der Waals surface area contributed by atoms with Crippen LogP contribution in [-0.2, 0) is 13.0 Å². The van der Waals surface area contributed by atoms with Crippen molar-refractivity contribution in [2.24, 2.45) is 0 Å². The summed E-state index contributed by atoms with van der Waals surface area (Å²) >= 11 is 0. The molecule has 0 aliphatic carbocycles. The molecule has 2 aromatic rings. The molecule has 0 amide bonds. The molecule has 1 aliphatic rings. The molecule has 2 N–H and O–H groups in total. The minimum atomic E-state index is -0.335. The molecule has 0 spiro atoms. The Morgan fingerprint density at radius 1 is 1.50 bits per heavy atom. The van der Waals surface area contributed by atoms with Crippen LogP contribution in [0.2, 0.25) is 0 Å². The van der Waals surface area contributed by atoms with Gasteiger partial charge in [-0.15, -0.1) is 0 Å². The van der Waals surface area contributed by atoms with E-state index in [-0.39, 0.29) is 10.6 Å². The van der Waals surface area contributed by atoms with Crippen molar-refractivity contribution >= 4 is 17.1 Å². The normalized spacial score (nSPS) is 12.8. The van der Waals surface area contributed by atoms with Crippen molar-refractivity contribution in [2.75, 3.05) is 23.7 Å². The van der Waals surface area contributed by atoms with Gasteiger partial charge >= 0.3 is 0 Å². The molecule has 0 atom stereocenters. The third-order valence-corrected chi connectivity index (χ3v) is 3.41. The summed E-state index contributed by atoms with van der Waals surface area (Å²) in [5.74, 6) is 0. The number of nitro groups is 1. The molecular formula is C13H15N5O2. The van der Waals surface area contributed by atoms with Crippen LogP contribution >= 0.6 is 0 Å². The van der Waals surface area contributed by atoms with Crippen LogP contribution in [0.4, 0.5) is 17.1 Å². The molecule has 2 heterocycles. The van der Waals surface area contributed by atoms with E-state index >= 15 is 0 Å². The summed E-state index contributed by atoms with van der Waals surface area (Å²) in [6, 6.07) is 3.33. The summed E-state index contributed by atoms with van der Waals surface area (Å²) in [5, 5.41) is 17.6. The standard InChI is InChI=1S/C13H15N5O2/c19-18(20)12-2-1-11-10(3-4-15-11)13(12)16-6-8-17-7-5-14-9-17/h1-2,5,7,9,15-16H,3-4,6,8H2. The van der Waals surface area contributed by atoms with Crippen LogP contribution in [0.15, 0.2) is 30.9 Å². The Morgan fingerprint density at radius 3 is 3.15 bits per heavy atom. The quantitative estimate of drug-likeness (QED) is 0.641. The highest BCUT2D eigenvalue weighted by molar-refractivity contribution is 5.76. The Morgan fingerprint density at radius 2 is 2.40 bits per heavy atom. The van der Waals surface area contributed by atoms with E-state index in [1.54, 1.807) is 24.7 Å². The van der Waals surface area contributed by atoms with Crippen molar-refractivity contribution in [1.82, 2.24) is 9.55 Å². The van der Waals surface area contributed by atoms with Crippen LogP contribution in [0.1, 0.15) is 5.56 Å². The lowest BCUT2D eigenvalue weighted by Gasteiger charge is -2.11. The first-order valence-corrected chi connectivity index (χ1v) is 6.49. The summed E-state index contributed by atoms with van der Waals surface area (Å²) in [6.45, 7) is 2.16. The van der Waals surface area contributed by atoms with Gasteiger partial charge < -0.3 is 15.2 Å². The molecule has 1 aromatic carbocycles. The Labute approximate surface area is 115 Å². The Bertz CT molecular complexity index is 624. The summed E-state index contributed by atoms with van der Waals surface area (Å²) in [4.78, 5) is 14.8. The number of benzene rings is 1. The maximum absolute atomic E-state index is 11.1. The summed E-state index contributed by atoms with van der Waals surface area (Å²) < 4.78 is 1.93. The number of hydrogen-bond donors (Lipinski definition) is 2. The monoisotopic (exact) mass is 273 g/mol. The predicted molar refractivity (Wildman–Crippen MR) is 76.0 cm³/mol. The van der Waals surface area contributed by atoms with E-state index in [1.807, 2.05) is 10.8 Å². The van der Waals surface area contributed by atoms with E-state index in [9.17, 15) is 10.1 Å². The molecule has 7 heteroatoms. The van der Waals surface area contributed by atoms with Crippen molar-refractivity contribution in [3.8, 4) is 0 Å². The van der Waals surface area contributed by atoms with Gasteiger partial charge in [-0.25, -0.2) is 4.98 Å². The number of anilines is 2. The Hall–Kier alpha value is -2.57. The lowest BCUT2D eigenvalue weighted by molar-refractivity contribution is -0.384. The van der Waals surface area contributed by atoms with E-state index in [0.29, 0.717) is 18.8 Å². The van der Waals surface area contributed by atoms with Gasteiger partial charge in [0.15, 0.2) is 0 Å². The Kier molecular flexibility index (Phi) is 3.24. The molecular weight excluding hydrogens is 258 g/mol.